The number of aliphatic hydroxyl groups is 1. The summed E-state index contributed by atoms with van der Waals surface area (Å²) in [4.78, 5) is 15.6. The highest BCUT2D eigenvalue weighted by atomic mass is 16.3. The third-order valence-corrected chi connectivity index (χ3v) is 2.20. The van der Waals surface area contributed by atoms with Gasteiger partial charge in [-0.25, -0.2) is 0 Å². The van der Waals surface area contributed by atoms with E-state index in [1.807, 2.05) is 20.8 Å². The van der Waals surface area contributed by atoms with Gasteiger partial charge in [0.25, 0.3) is 0 Å². The second kappa shape index (κ2) is 4.33. The molecule has 1 aromatic heterocycles. The molecule has 0 saturated carbocycles. The van der Waals surface area contributed by atoms with Gasteiger partial charge in [-0.05, 0) is 24.5 Å². The maximum absolute atomic E-state index is 11.7. The zero-order chi connectivity index (χ0) is 10.7. The number of rotatable bonds is 3. The van der Waals surface area contributed by atoms with Gasteiger partial charge >= 0.3 is 0 Å². The van der Waals surface area contributed by atoms with Crippen LogP contribution in [0.1, 0.15) is 29.8 Å². The van der Waals surface area contributed by atoms with Crippen LogP contribution in [0.5, 0.6) is 0 Å². The highest BCUT2D eigenvalue weighted by Crippen LogP contribution is 2.12. The van der Waals surface area contributed by atoms with Crippen LogP contribution in [0.25, 0.3) is 0 Å². The first kappa shape index (κ1) is 10.9. The number of Topliss-reactive ketones (excluding diaryl/α,β-unsaturated/α-hetero) is 1. The molecule has 0 saturated heterocycles. The van der Waals surface area contributed by atoms with Crippen LogP contribution in [-0.4, -0.2) is 22.0 Å². The first-order valence-corrected chi connectivity index (χ1v) is 4.67. The summed E-state index contributed by atoms with van der Waals surface area (Å²) in [6.45, 7) is 5.46. The quantitative estimate of drug-likeness (QED) is 0.741. The fourth-order valence-electron chi connectivity index (χ4n) is 1.18. The molecule has 0 aliphatic rings. The first-order chi connectivity index (χ1) is 6.54. The van der Waals surface area contributed by atoms with Gasteiger partial charge in [0.05, 0.1) is 0 Å². The standard InChI is InChI=1S/C11H15NO2/c1-7(2)10(13)11(14)9-6-12-5-4-8(9)3/h4-7,10,13H,1-3H3. The monoisotopic (exact) mass is 193 g/mol. The van der Waals surface area contributed by atoms with Crippen LogP contribution in [0, 0.1) is 12.8 Å². The average molecular weight is 193 g/mol. The normalized spacial score (nSPS) is 12.9. The number of carbonyl (C=O) groups excluding carboxylic acids is 1. The molecule has 3 nitrogen and oxygen atoms in total. The van der Waals surface area contributed by atoms with Crippen molar-refractivity contribution in [3.63, 3.8) is 0 Å². The fourth-order valence-corrected chi connectivity index (χ4v) is 1.18. The molecule has 1 unspecified atom stereocenters. The Bertz CT molecular complexity index is 334. The van der Waals surface area contributed by atoms with Gasteiger partial charge in [0.1, 0.15) is 6.10 Å². The second-order valence-corrected chi connectivity index (χ2v) is 3.74. The Morgan fingerprint density at radius 3 is 2.64 bits per heavy atom. The maximum atomic E-state index is 11.7. The molecule has 0 bridgehead atoms. The van der Waals surface area contributed by atoms with Gasteiger partial charge in [-0.2, -0.15) is 0 Å². The van der Waals surface area contributed by atoms with Crippen molar-refractivity contribution in [1.82, 2.24) is 4.98 Å². The maximum Gasteiger partial charge on any atom is 0.193 e. The molecule has 0 fully saturated rings. The van der Waals surface area contributed by atoms with Crippen LogP contribution in [0.3, 0.4) is 0 Å². The number of nitrogens with zero attached hydrogens (tertiary/aromatic N) is 1. The van der Waals surface area contributed by atoms with Crippen molar-refractivity contribution in [1.29, 1.82) is 0 Å². The van der Waals surface area contributed by atoms with Crippen molar-refractivity contribution in [2.45, 2.75) is 26.9 Å². The van der Waals surface area contributed by atoms with E-state index in [9.17, 15) is 9.90 Å². The summed E-state index contributed by atoms with van der Waals surface area (Å²) >= 11 is 0. The molecule has 76 valence electrons. The summed E-state index contributed by atoms with van der Waals surface area (Å²) < 4.78 is 0. The van der Waals surface area contributed by atoms with Gasteiger partial charge in [0, 0.05) is 18.0 Å². The van der Waals surface area contributed by atoms with Crippen LogP contribution >= 0.6 is 0 Å². The van der Waals surface area contributed by atoms with Crippen molar-refractivity contribution in [3.8, 4) is 0 Å². The SMILES string of the molecule is Cc1ccncc1C(=O)C(O)C(C)C. The lowest BCUT2D eigenvalue weighted by molar-refractivity contribution is 0.0647. The van der Waals surface area contributed by atoms with E-state index in [4.69, 9.17) is 0 Å². The average Bonchev–Trinajstić information content (AvgIpc) is 2.16. The topological polar surface area (TPSA) is 50.2 Å². The summed E-state index contributed by atoms with van der Waals surface area (Å²) in [5.74, 6) is -0.312. The van der Waals surface area contributed by atoms with E-state index in [0.29, 0.717) is 5.56 Å². The Morgan fingerprint density at radius 1 is 1.50 bits per heavy atom. The minimum absolute atomic E-state index is 0.0675. The van der Waals surface area contributed by atoms with Gasteiger partial charge in [0.2, 0.25) is 0 Å². The zero-order valence-electron chi connectivity index (χ0n) is 8.69. The number of aromatic nitrogens is 1. The van der Waals surface area contributed by atoms with E-state index in [2.05, 4.69) is 4.98 Å². The Labute approximate surface area is 83.8 Å². The molecule has 1 atom stereocenters. The number of hydrogen-bond donors (Lipinski definition) is 1. The van der Waals surface area contributed by atoms with Crippen molar-refractivity contribution in [2.75, 3.05) is 0 Å². The predicted molar refractivity (Wildman–Crippen MR) is 54.1 cm³/mol. The fraction of sp³-hybridized carbons (Fsp3) is 0.455. The van der Waals surface area contributed by atoms with Crippen LogP contribution in [0.2, 0.25) is 0 Å². The van der Waals surface area contributed by atoms with Crippen molar-refractivity contribution in [2.24, 2.45) is 5.92 Å². The van der Waals surface area contributed by atoms with Crippen LogP contribution in [0.4, 0.5) is 0 Å². The highest BCUT2D eigenvalue weighted by molar-refractivity contribution is 6.00. The van der Waals surface area contributed by atoms with Gasteiger partial charge < -0.3 is 5.11 Å². The van der Waals surface area contributed by atoms with Crippen LogP contribution in [0.15, 0.2) is 18.5 Å². The summed E-state index contributed by atoms with van der Waals surface area (Å²) in [5, 5.41) is 9.60. The third kappa shape index (κ3) is 2.17. The minimum atomic E-state index is -0.932. The van der Waals surface area contributed by atoms with E-state index >= 15 is 0 Å². The number of hydrogen-bond acceptors (Lipinski definition) is 3. The molecule has 0 aliphatic heterocycles. The number of ketones is 1. The summed E-state index contributed by atoms with van der Waals surface area (Å²) in [6.07, 6.45) is 2.20. The molecular formula is C11H15NO2. The Morgan fingerprint density at radius 2 is 2.14 bits per heavy atom. The summed E-state index contributed by atoms with van der Waals surface area (Å²) in [5.41, 5.74) is 1.36. The largest absolute Gasteiger partial charge is 0.385 e. The number of pyridine rings is 1. The molecule has 0 amide bonds. The molecule has 0 aromatic carbocycles. The van der Waals surface area contributed by atoms with E-state index in [0.717, 1.165) is 5.56 Å². The van der Waals surface area contributed by atoms with Gasteiger partial charge in [-0.3, -0.25) is 9.78 Å². The van der Waals surface area contributed by atoms with Crippen molar-refractivity contribution < 1.29 is 9.90 Å². The lowest BCUT2D eigenvalue weighted by Crippen LogP contribution is -2.26. The molecule has 0 aliphatic carbocycles. The Hall–Kier alpha value is -1.22. The minimum Gasteiger partial charge on any atom is -0.385 e. The molecular weight excluding hydrogens is 178 g/mol. The van der Waals surface area contributed by atoms with E-state index < -0.39 is 6.10 Å². The van der Waals surface area contributed by atoms with E-state index in [1.54, 1.807) is 12.3 Å². The molecule has 0 radical (unpaired) electrons. The summed E-state index contributed by atoms with van der Waals surface area (Å²) in [7, 11) is 0. The van der Waals surface area contributed by atoms with Crippen LogP contribution < -0.4 is 0 Å². The van der Waals surface area contributed by atoms with E-state index in [-0.39, 0.29) is 11.7 Å². The number of carbonyl (C=O) groups is 1. The molecule has 1 rings (SSSR count). The Kier molecular flexibility index (Phi) is 3.36. The zero-order valence-corrected chi connectivity index (χ0v) is 8.69. The highest BCUT2D eigenvalue weighted by Gasteiger charge is 2.21. The van der Waals surface area contributed by atoms with Gasteiger partial charge in [-0.15, -0.1) is 0 Å². The lowest BCUT2D eigenvalue weighted by atomic mass is 9.96. The number of aliphatic hydroxyl groups excluding tert-OH is 1. The number of aryl methyl sites for hydroxylation is 1. The lowest BCUT2D eigenvalue weighted by Gasteiger charge is -2.13. The smallest absolute Gasteiger partial charge is 0.193 e. The molecule has 1 N–H and O–H groups in total. The first-order valence-electron chi connectivity index (χ1n) is 4.67. The van der Waals surface area contributed by atoms with Crippen LogP contribution in [-0.2, 0) is 0 Å². The van der Waals surface area contributed by atoms with Gasteiger partial charge in [0.15, 0.2) is 5.78 Å². The molecule has 1 heterocycles. The van der Waals surface area contributed by atoms with Crippen molar-refractivity contribution >= 4 is 5.78 Å². The van der Waals surface area contributed by atoms with Crippen molar-refractivity contribution in [3.05, 3.63) is 29.6 Å². The van der Waals surface area contributed by atoms with E-state index in [1.165, 1.54) is 6.20 Å². The Balaban J connectivity index is 2.95. The third-order valence-electron chi connectivity index (χ3n) is 2.20. The molecule has 0 spiro atoms. The molecule has 14 heavy (non-hydrogen) atoms. The van der Waals surface area contributed by atoms with Gasteiger partial charge in [-0.1, -0.05) is 13.8 Å². The molecule has 3 heteroatoms. The molecule has 1 aromatic rings. The predicted octanol–water partition coefficient (Wildman–Crippen LogP) is 1.59. The summed E-state index contributed by atoms with van der Waals surface area (Å²) in [6, 6.07) is 1.76. The second-order valence-electron chi connectivity index (χ2n) is 3.74.